The van der Waals surface area contributed by atoms with Crippen molar-refractivity contribution in [2.24, 2.45) is 11.7 Å². The third kappa shape index (κ3) is 2.79. The molecule has 0 spiro atoms. The number of likely N-dealkylation sites (tertiary alicyclic amines) is 1. The molecule has 1 fully saturated rings. The Kier molecular flexibility index (Phi) is 4.53. The van der Waals surface area contributed by atoms with Gasteiger partial charge in [-0.2, -0.15) is 0 Å². The van der Waals surface area contributed by atoms with Crippen molar-refractivity contribution >= 4 is 0 Å². The predicted octanol–water partition coefficient (Wildman–Crippen LogP) is 3.09. The smallest absolute Gasteiger partial charge is 0.163 e. The van der Waals surface area contributed by atoms with Crippen LogP contribution in [0.5, 0.6) is 0 Å². The van der Waals surface area contributed by atoms with Crippen molar-refractivity contribution < 1.29 is 8.78 Å². The van der Waals surface area contributed by atoms with Crippen molar-refractivity contribution in [1.82, 2.24) is 4.90 Å². The maximum absolute atomic E-state index is 13.9. The van der Waals surface area contributed by atoms with E-state index in [-0.39, 0.29) is 12.1 Å². The summed E-state index contributed by atoms with van der Waals surface area (Å²) >= 11 is 0. The van der Waals surface area contributed by atoms with Crippen LogP contribution in [0, 0.1) is 17.6 Å². The first kappa shape index (κ1) is 14.4. The molecule has 106 valence electrons. The zero-order valence-corrected chi connectivity index (χ0v) is 11.6. The van der Waals surface area contributed by atoms with Gasteiger partial charge in [0.2, 0.25) is 0 Å². The van der Waals surface area contributed by atoms with Gasteiger partial charge in [0, 0.05) is 24.2 Å². The molecular weight excluding hydrogens is 246 g/mol. The number of rotatable bonds is 3. The van der Waals surface area contributed by atoms with Crippen LogP contribution < -0.4 is 5.73 Å². The van der Waals surface area contributed by atoms with Crippen molar-refractivity contribution in [3.8, 4) is 0 Å². The molecular formula is C15H22F2N2. The number of halogens is 2. The molecule has 1 aromatic rings. The van der Waals surface area contributed by atoms with Crippen molar-refractivity contribution in [2.75, 3.05) is 13.1 Å². The van der Waals surface area contributed by atoms with Gasteiger partial charge in [-0.15, -0.1) is 0 Å². The summed E-state index contributed by atoms with van der Waals surface area (Å²) in [5, 5.41) is 0. The standard InChI is InChI=1S/C15H22F2N2/c1-10-5-4-8-19(14(10)9-18)11(2)12-6-3-7-13(16)15(12)17/h3,6-7,10-11,14H,4-5,8-9,18H2,1-2H3. The fourth-order valence-electron chi connectivity index (χ4n) is 3.15. The lowest BCUT2D eigenvalue weighted by Gasteiger charge is -2.43. The molecule has 2 rings (SSSR count). The number of hydrogen-bond donors (Lipinski definition) is 1. The monoisotopic (exact) mass is 268 g/mol. The molecule has 0 saturated carbocycles. The fraction of sp³-hybridized carbons (Fsp3) is 0.600. The molecule has 3 atom stereocenters. The van der Waals surface area contributed by atoms with E-state index in [4.69, 9.17) is 5.73 Å². The lowest BCUT2D eigenvalue weighted by Crippen LogP contribution is -2.49. The highest BCUT2D eigenvalue weighted by Crippen LogP contribution is 2.32. The molecule has 2 nitrogen and oxygen atoms in total. The molecule has 0 bridgehead atoms. The summed E-state index contributed by atoms with van der Waals surface area (Å²) in [4.78, 5) is 2.21. The van der Waals surface area contributed by atoms with Gasteiger partial charge in [-0.05, 0) is 38.3 Å². The highest BCUT2D eigenvalue weighted by Gasteiger charge is 2.32. The largest absolute Gasteiger partial charge is 0.329 e. The van der Waals surface area contributed by atoms with E-state index >= 15 is 0 Å². The first-order valence-corrected chi connectivity index (χ1v) is 6.96. The van der Waals surface area contributed by atoms with Gasteiger partial charge in [0.1, 0.15) is 0 Å². The second-order valence-electron chi connectivity index (χ2n) is 5.48. The van der Waals surface area contributed by atoms with Crippen molar-refractivity contribution in [2.45, 2.75) is 38.8 Å². The van der Waals surface area contributed by atoms with Crippen LogP contribution in [0.2, 0.25) is 0 Å². The third-order valence-electron chi connectivity index (χ3n) is 4.33. The van der Waals surface area contributed by atoms with E-state index in [2.05, 4.69) is 11.8 Å². The maximum atomic E-state index is 13.9. The first-order valence-electron chi connectivity index (χ1n) is 6.96. The highest BCUT2D eigenvalue weighted by molar-refractivity contribution is 5.22. The summed E-state index contributed by atoms with van der Waals surface area (Å²) in [6.45, 7) is 5.56. The van der Waals surface area contributed by atoms with Crippen molar-refractivity contribution in [3.05, 3.63) is 35.4 Å². The van der Waals surface area contributed by atoms with Gasteiger partial charge in [0.25, 0.3) is 0 Å². The molecule has 19 heavy (non-hydrogen) atoms. The summed E-state index contributed by atoms with van der Waals surface area (Å²) in [7, 11) is 0. The Hall–Kier alpha value is -1.00. The second-order valence-corrected chi connectivity index (χ2v) is 5.48. The van der Waals surface area contributed by atoms with E-state index < -0.39 is 11.6 Å². The van der Waals surface area contributed by atoms with Gasteiger partial charge < -0.3 is 5.73 Å². The normalized spacial score (nSPS) is 26.4. The molecule has 1 aliphatic rings. The lowest BCUT2D eigenvalue weighted by atomic mass is 9.88. The van der Waals surface area contributed by atoms with Gasteiger partial charge >= 0.3 is 0 Å². The van der Waals surface area contributed by atoms with Crippen LogP contribution in [0.3, 0.4) is 0 Å². The molecule has 1 heterocycles. The second kappa shape index (κ2) is 5.97. The van der Waals surface area contributed by atoms with Gasteiger partial charge in [-0.1, -0.05) is 19.1 Å². The number of nitrogens with two attached hydrogens (primary N) is 1. The molecule has 4 heteroatoms. The van der Waals surface area contributed by atoms with Crippen LogP contribution in [0.1, 0.15) is 38.3 Å². The summed E-state index contributed by atoms with van der Waals surface area (Å²) < 4.78 is 27.2. The van der Waals surface area contributed by atoms with E-state index in [1.54, 1.807) is 12.1 Å². The molecule has 0 aliphatic carbocycles. The number of nitrogens with zero attached hydrogens (tertiary/aromatic N) is 1. The average Bonchev–Trinajstić information content (AvgIpc) is 2.41. The SMILES string of the molecule is CC1CCCN(C(C)c2cccc(F)c2F)C1CN. The Morgan fingerprint density at radius 1 is 1.42 bits per heavy atom. The summed E-state index contributed by atoms with van der Waals surface area (Å²) in [5.74, 6) is -1.01. The minimum Gasteiger partial charge on any atom is -0.329 e. The molecule has 1 aliphatic heterocycles. The van der Waals surface area contributed by atoms with Crippen LogP contribution in [-0.2, 0) is 0 Å². The Bertz CT molecular complexity index is 436. The molecule has 3 unspecified atom stereocenters. The lowest BCUT2D eigenvalue weighted by molar-refractivity contribution is 0.0672. The predicted molar refractivity (Wildman–Crippen MR) is 72.7 cm³/mol. The maximum Gasteiger partial charge on any atom is 0.163 e. The Labute approximate surface area is 113 Å². The average molecular weight is 268 g/mol. The fourth-order valence-corrected chi connectivity index (χ4v) is 3.15. The van der Waals surface area contributed by atoms with Crippen LogP contribution in [0.25, 0.3) is 0 Å². The van der Waals surface area contributed by atoms with Gasteiger partial charge in [-0.3, -0.25) is 4.90 Å². The van der Waals surface area contributed by atoms with E-state index in [1.165, 1.54) is 0 Å². The summed E-state index contributed by atoms with van der Waals surface area (Å²) in [5.41, 5.74) is 6.28. The van der Waals surface area contributed by atoms with Gasteiger partial charge in [0.15, 0.2) is 11.6 Å². The van der Waals surface area contributed by atoms with Crippen molar-refractivity contribution in [1.29, 1.82) is 0 Å². The summed E-state index contributed by atoms with van der Waals surface area (Å²) in [6.07, 6.45) is 2.23. The quantitative estimate of drug-likeness (QED) is 0.912. The van der Waals surface area contributed by atoms with E-state index in [1.807, 2.05) is 6.92 Å². The minimum atomic E-state index is -0.779. The first-order chi connectivity index (χ1) is 9.06. The molecule has 0 amide bonds. The highest BCUT2D eigenvalue weighted by atomic mass is 19.2. The summed E-state index contributed by atoms with van der Waals surface area (Å²) in [6, 6.07) is 4.48. The van der Waals surface area contributed by atoms with E-state index in [9.17, 15) is 8.78 Å². The molecule has 0 radical (unpaired) electrons. The van der Waals surface area contributed by atoms with Gasteiger partial charge in [0.05, 0.1) is 0 Å². The van der Waals surface area contributed by atoms with Gasteiger partial charge in [-0.25, -0.2) is 8.78 Å². The number of piperidine rings is 1. The van der Waals surface area contributed by atoms with Crippen LogP contribution >= 0.6 is 0 Å². The molecule has 2 N–H and O–H groups in total. The molecule has 0 aromatic heterocycles. The topological polar surface area (TPSA) is 29.3 Å². The van der Waals surface area contributed by atoms with E-state index in [0.29, 0.717) is 18.0 Å². The Morgan fingerprint density at radius 3 is 2.84 bits per heavy atom. The zero-order chi connectivity index (χ0) is 14.0. The zero-order valence-electron chi connectivity index (χ0n) is 11.6. The Morgan fingerprint density at radius 2 is 2.16 bits per heavy atom. The van der Waals surface area contributed by atoms with E-state index in [0.717, 1.165) is 25.5 Å². The minimum absolute atomic E-state index is 0.146. The van der Waals surface area contributed by atoms with Crippen LogP contribution in [-0.4, -0.2) is 24.0 Å². The number of benzene rings is 1. The number of hydrogen-bond acceptors (Lipinski definition) is 2. The molecule has 1 saturated heterocycles. The third-order valence-corrected chi connectivity index (χ3v) is 4.33. The van der Waals surface area contributed by atoms with Crippen LogP contribution in [0.4, 0.5) is 8.78 Å². The Balaban J connectivity index is 2.26. The van der Waals surface area contributed by atoms with Crippen LogP contribution in [0.15, 0.2) is 18.2 Å². The molecule has 1 aromatic carbocycles. The van der Waals surface area contributed by atoms with Crippen molar-refractivity contribution in [3.63, 3.8) is 0 Å².